The van der Waals surface area contributed by atoms with Crippen LogP contribution in [0.2, 0.25) is 0 Å². The summed E-state index contributed by atoms with van der Waals surface area (Å²) in [7, 11) is 1.55. The van der Waals surface area contributed by atoms with E-state index in [0.717, 1.165) is 16.8 Å². The van der Waals surface area contributed by atoms with Gasteiger partial charge in [0, 0.05) is 18.1 Å². The van der Waals surface area contributed by atoms with E-state index in [9.17, 15) is 9.59 Å². The number of benzene rings is 2. The van der Waals surface area contributed by atoms with Gasteiger partial charge in [-0.25, -0.2) is 0 Å². The van der Waals surface area contributed by atoms with Crippen LogP contribution in [0, 0.1) is 13.8 Å². The SMILES string of the molecule is COc1ccccc1-n1ccn2c(SCC(=O)Nc3ccc(C)cc3C)nnc2c1=O. The predicted octanol–water partition coefficient (Wildman–Crippen LogP) is 3.24. The fourth-order valence-corrected chi connectivity index (χ4v) is 3.97. The van der Waals surface area contributed by atoms with E-state index in [4.69, 9.17) is 4.74 Å². The van der Waals surface area contributed by atoms with E-state index < -0.39 is 0 Å². The Morgan fingerprint density at radius 1 is 1.13 bits per heavy atom. The number of hydrogen-bond acceptors (Lipinski definition) is 6. The average molecular weight is 436 g/mol. The molecule has 4 rings (SSSR count). The number of amides is 1. The standard InChI is InChI=1S/C22H21N5O3S/c1-14-8-9-16(15(2)12-14)23-19(28)13-31-22-25-24-20-21(29)26(10-11-27(20)22)17-6-4-5-7-18(17)30-3/h4-12H,13H2,1-3H3,(H,23,28). The lowest BCUT2D eigenvalue weighted by Gasteiger charge is -2.10. The number of carbonyl (C=O) groups is 1. The van der Waals surface area contributed by atoms with Crippen molar-refractivity contribution in [3.05, 3.63) is 76.3 Å². The van der Waals surface area contributed by atoms with Gasteiger partial charge in [-0.2, -0.15) is 0 Å². The van der Waals surface area contributed by atoms with Crippen LogP contribution in [0.5, 0.6) is 5.75 Å². The minimum Gasteiger partial charge on any atom is -0.495 e. The van der Waals surface area contributed by atoms with Crippen molar-refractivity contribution in [1.82, 2.24) is 19.2 Å². The molecule has 0 fully saturated rings. The Kier molecular flexibility index (Phi) is 5.77. The molecule has 0 spiro atoms. The van der Waals surface area contributed by atoms with E-state index in [1.807, 2.05) is 44.2 Å². The van der Waals surface area contributed by atoms with E-state index in [0.29, 0.717) is 16.6 Å². The summed E-state index contributed by atoms with van der Waals surface area (Å²) in [5.41, 5.74) is 3.38. The Hall–Kier alpha value is -3.59. The molecule has 0 saturated heterocycles. The Balaban J connectivity index is 1.54. The highest BCUT2D eigenvalue weighted by molar-refractivity contribution is 7.99. The van der Waals surface area contributed by atoms with Gasteiger partial charge in [-0.1, -0.05) is 41.6 Å². The number of nitrogens with zero attached hydrogens (tertiary/aromatic N) is 4. The maximum absolute atomic E-state index is 13.0. The number of para-hydroxylation sites is 2. The normalized spacial score (nSPS) is 10.9. The molecule has 4 aromatic rings. The Morgan fingerprint density at radius 2 is 1.94 bits per heavy atom. The van der Waals surface area contributed by atoms with E-state index in [2.05, 4.69) is 15.5 Å². The van der Waals surface area contributed by atoms with Crippen molar-refractivity contribution in [2.75, 3.05) is 18.2 Å². The summed E-state index contributed by atoms with van der Waals surface area (Å²) < 4.78 is 8.40. The second kappa shape index (κ2) is 8.65. The molecule has 158 valence electrons. The van der Waals surface area contributed by atoms with Gasteiger partial charge in [0.25, 0.3) is 0 Å². The molecule has 8 nitrogen and oxygen atoms in total. The fourth-order valence-electron chi connectivity index (χ4n) is 3.25. The first-order valence-electron chi connectivity index (χ1n) is 9.57. The molecule has 9 heteroatoms. The maximum Gasteiger partial charge on any atom is 0.300 e. The Bertz CT molecular complexity index is 1330. The first-order chi connectivity index (χ1) is 15.0. The van der Waals surface area contributed by atoms with E-state index >= 15 is 0 Å². The van der Waals surface area contributed by atoms with E-state index in [1.165, 1.54) is 16.3 Å². The lowest BCUT2D eigenvalue weighted by atomic mass is 10.1. The fraction of sp³-hybridized carbons (Fsp3) is 0.182. The first kappa shape index (κ1) is 20.7. The van der Waals surface area contributed by atoms with E-state index in [1.54, 1.807) is 36.0 Å². The number of rotatable bonds is 6. The summed E-state index contributed by atoms with van der Waals surface area (Å²) in [4.78, 5) is 25.3. The summed E-state index contributed by atoms with van der Waals surface area (Å²) in [5.74, 6) is 0.561. The molecule has 0 aliphatic heterocycles. The van der Waals surface area contributed by atoms with Crippen LogP contribution in [-0.2, 0) is 4.79 Å². The molecular formula is C22H21N5O3S. The van der Waals surface area contributed by atoms with Crippen molar-refractivity contribution in [1.29, 1.82) is 0 Å². The third-order valence-corrected chi connectivity index (χ3v) is 5.72. The molecule has 2 heterocycles. The number of hydrogen-bond donors (Lipinski definition) is 1. The molecule has 1 amide bonds. The van der Waals surface area contributed by atoms with Gasteiger partial charge in [0.2, 0.25) is 11.6 Å². The van der Waals surface area contributed by atoms with Crippen molar-refractivity contribution in [3.63, 3.8) is 0 Å². The molecule has 2 aromatic carbocycles. The summed E-state index contributed by atoms with van der Waals surface area (Å²) in [6.07, 6.45) is 3.34. The van der Waals surface area contributed by atoms with Gasteiger partial charge in [-0.05, 0) is 37.6 Å². The highest BCUT2D eigenvalue weighted by atomic mass is 32.2. The van der Waals surface area contributed by atoms with Crippen LogP contribution in [0.25, 0.3) is 11.3 Å². The zero-order valence-electron chi connectivity index (χ0n) is 17.3. The molecule has 0 bridgehead atoms. The largest absolute Gasteiger partial charge is 0.495 e. The van der Waals surface area contributed by atoms with Gasteiger partial charge in [0.15, 0.2) is 5.16 Å². The van der Waals surface area contributed by atoms with Crippen LogP contribution < -0.4 is 15.6 Å². The number of aryl methyl sites for hydroxylation is 2. The topological polar surface area (TPSA) is 90.5 Å². The number of aromatic nitrogens is 4. The Labute approximate surface area is 182 Å². The third kappa shape index (κ3) is 4.17. The van der Waals surface area contributed by atoms with Crippen molar-refractivity contribution in [3.8, 4) is 11.4 Å². The van der Waals surface area contributed by atoms with Gasteiger partial charge in [-0.3, -0.25) is 18.6 Å². The quantitative estimate of drug-likeness (QED) is 0.468. The monoisotopic (exact) mass is 435 g/mol. The number of anilines is 1. The number of nitrogens with one attached hydrogen (secondary N) is 1. The van der Waals surface area contributed by atoms with Gasteiger partial charge in [-0.15, -0.1) is 10.2 Å². The van der Waals surface area contributed by atoms with Crippen LogP contribution in [0.15, 0.2) is 64.8 Å². The average Bonchev–Trinajstić information content (AvgIpc) is 3.18. The highest BCUT2D eigenvalue weighted by Crippen LogP contribution is 2.22. The second-order valence-electron chi connectivity index (χ2n) is 6.98. The van der Waals surface area contributed by atoms with Gasteiger partial charge >= 0.3 is 5.56 Å². The summed E-state index contributed by atoms with van der Waals surface area (Å²) in [6, 6.07) is 13.1. The third-order valence-electron chi connectivity index (χ3n) is 4.77. The molecule has 0 atom stereocenters. The second-order valence-corrected chi connectivity index (χ2v) is 7.92. The molecule has 31 heavy (non-hydrogen) atoms. The van der Waals surface area contributed by atoms with Gasteiger partial charge < -0.3 is 10.1 Å². The molecule has 1 N–H and O–H groups in total. The number of methoxy groups -OCH3 is 1. The van der Waals surface area contributed by atoms with Crippen LogP contribution in [0.4, 0.5) is 5.69 Å². The summed E-state index contributed by atoms with van der Waals surface area (Å²) in [6.45, 7) is 3.96. The molecule has 0 aliphatic carbocycles. The zero-order valence-corrected chi connectivity index (χ0v) is 18.1. The van der Waals surface area contributed by atoms with Crippen molar-refractivity contribution in [2.45, 2.75) is 19.0 Å². The molecule has 2 aromatic heterocycles. The molecule has 0 unspecified atom stereocenters. The minimum absolute atomic E-state index is 0.143. The first-order valence-corrected chi connectivity index (χ1v) is 10.6. The number of carbonyl (C=O) groups excluding carboxylic acids is 1. The minimum atomic E-state index is -0.328. The van der Waals surface area contributed by atoms with Crippen LogP contribution in [0.3, 0.4) is 0 Å². The maximum atomic E-state index is 13.0. The highest BCUT2D eigenvalue weighted by Gasteiger charge is 2.15. The van der Waals surface area contributed by atoms with Gasteiger partial charge in [0.05, 0.1) is 18.6 Å². The van der Waals surface area contributed by atoms with Crippen LogP contribution in [0.1, 0.15) is 11.1 Å². The number of thioether (sulfide) groups is 1. The molecule has 0 radical (unpaired) electrons. The zero-order chi connectivity index (χ0) is 22.0. The lowest BCUT2D eigenvalue weighted by molar-refractivity contribution is -0.113. The molecular weight excluding hydrogens is 414 g/mol. The summed E-state index contributed by atoms with van der Waals surface area (Å²) >= 11 is 1.22. The van der Waals surface area contributed by atoms with Crippen LogP contribution >= 0.6 is 11.8 Å². The summed E-state index contributed by atoms with van der Waals surface area (Å²) in [5, 5.41) is 11.5. The lowest BCUT2D eigenvalue weighted by Crippen LogP contribution is -2.20. The van der Waals surface area contributed by atoms with Gasteiger partial charge in [0.1, 0.15) is 5.75 Å². The molecule has 0 saturated carbocycles. The van der Waals surface area contributed by atoms with Crippen molar-refractivity contribution >= 4 is 29.0 Å². The van der Waals surface area contributed by atoms with Crippen LogP contribution in [-0.4, -0.2) is 37.9 Å². The number of fused-ring (bicyclic) bond motifs is 1. The van der Waals surface area contributed by atoms with Crippen molar-refractivity contribution in [2.24, 2.45) is 0 Å². The number of ether oxygens (including phenoxy) is 1. The Morgan fingerprint density at radius 3 is 2.71 bits per heavy atom. The smallest absolute Gasteiger partial charge is 0.300 e. The van der Waals surface area contributed by atoms with E-state index in [-0.39, 0.29) is 22.9 Å². The predicted molar refractivity (Wildman–Crippen MR) is 120 cm³/mol. The van der Waals surface area contributed by atoms with Crippen molar-refractivity contribution < 1.29 is 9.53 Å². The molecule has 0 aliphatic rings.